The van der Waals surface area contributed by atoms with Crippen LogP contribution < -0.4 is 5.32 Å². The lowest BCUT2D eigenvalue weighted by Gasteiger charge is -2.10. The molecule has 0 atom stereocenters. The van der Waals surface area contributed by atoms with E-state index in [4.69, 9.17) is 5.10 Å². The predicted molar refractivity (Wildman–Crippen MR) is 85.9 cm³/mol. The molecule has 2 aromatic rings. The van der Waals surface area contributed by atoms with Gasteiger partial charge in [-0.05, 0) is 45.7 Å². The fraction of sp³-hybridized carbons (Fsp3) is 0.625. The van der Waals surface area contributed by atoms with Crippen molar-refractivity contribution in [2.75, 3.05) is 6.54 Å². The van der Waals surface area contributed by atoms with Crippen LogP contribution in [0.2, 0.25) is 0 Å². The molecule has 21 heavy (non-hydrogen) atoms. The molecular weight excluding hydrogens is 262 g/mol. The van der Waals surface area contributed by atoms with Crippen LogP contribution in [-0.2, 0) is 20.0 Å². The number of nitrogens with one attached hydrogen (secondary N) is 1. The highest BCUT2D eigenvalue weighted by Crippen LogP contribution is 2.22. The monoisotopic (exact) mass is 289 g/mol. The Morgan fingerprint density at radius 1 is 1.00 bits per heavy atom. The third-order valence-corrected chi connectivity index (χ3v) is 4.04. The summed E-state index contributed by atoms with van der Waals surface area (Å²) in [4.78, 5) is 0. The van der Waals surface area contributed by atoms with E-state index in [0.29, 0.717) is 0 Å². The van der Waals surface area contributed by atoms with E-state index < -0.39 is 0 Å². The highest BCUT2D eigenvalue weighted by molar-refractivity contribution is 5.41. The van der Waals surface area contributed by atoms with Gasteiger partial charge in [0.2, 0.25) is 0 Å². The molecule has 1 N–H and O–H groups in total. The zero-order valence-electron chi connectivity index (χ0n) is 14.1. The Hall–Kier alpha value is -1.62. The van der Waals surface area contributed by atoms with Crippen LogP contribution in [0.1, 0.15) is 48.5 Å². The van der Waals surface area contributed by atoms with Gasteiger partial charge < -0.3 is 5.32 Å². The summed E-state index contributed by atoms with van der Waals surface area (Å²) < 4.78 is 3.99. The number of nitrogens with zero attached hydrogens (tertiary/aromatic N) is 4. The molecule has 0 aliphatic carbocycles. The molecular formula is C16H27N5. The summed E-state index contributed by atoms with van der Waals surface area (Å²) in [5, 5.41) is 12.8. The van der Waals surface area contributed by atoms with Crippen molar-refractivity contribution in [3.63, 3.8) is 0 Å². The molecule has 0 aliphatic rings. The van der Waals surface area contributed by atoms with Gasteiger partial charge in [0.1, 0.15) is 0 Å². The Morgan fingerprint density at radius 3 is 2.24 bits per heavy atom. The van der Waals surface area contributed by atoms with E-state index in [9.17, 15) is 0 Å². The average Bonchev–Trinajstić information content (AvgIpc) is 2.87. The molecule has 116 valence electrons. The van der Waals surface area contributed by atoms with Gasteiger partial charge in [-0.25, -0.2) is 4.68 Å². The van der Waals surface area contributed by atoms with E-state index in [-0.39, 0.29) is 0 Å². The SMILES string of the molecule is CCCNCc1c(C)nn(C)c1-n1nc(C)c(CC)c1C. The van der Waals surface area contributed by atoms with Gasteiger partial charge >= 0.3 is 0 Å². The van der Waals surface area contributed by atoms with E-state index in [2.05, 4.69) is 49.7 Å². The van der Waals surface area contributed by atoms with Crippen molar-refractivity contribution >= 4 is 0 Å². The maximum absolute atomic E-state index is 4.74. The summed E-state index contributed by atoms with van der Waals surface area (Å²) in [7, 11) is 1.99. The summed E-state index contributed by atoms with van der Waals surface area (Å²) in [6.07, 6.45) is 2.15. The van der Waals surface area contributed by atoms with Crippen molar-refractivity contribution in [1.29, 1.82) is 0 Å². The number of hydrogen-bond donors (Lipinski definition) is 1. The van der Waals surface area contributed by atoms with Crippen LogP contribution in [-0.4, -0.2) is 26.1 Å². The van der Waals surface area contributed by atoms with Crippen LogP contribution in [0.3, 0.4) is 0 Å². The quantitative estimate of drug-likeness (QED) is 0.832. The molecule has 0 unspecified atom stereocenters. The maximum atomic E-state index is 4.74. The van der Waals surface area contributed by atoms with Crippen LogP contribution in [0.4, 0.5) is 0 Å². The Balaban J connectivity index is 2.48. The van der Waals surface area contributed by atoms with Crippen molar-refractivity contribution < 1.29 is 0 Å². The molecule has 5 heteroatoms. The summed E-state index contributed by atoms with van der Waals surface area (Å²) >= 11 is 0. The first-order chi connectivity index (χ1) is 10.0. The van der Waals surface area contributed by atoms with Crippen molar-refractivity contribution in [2.45, 2.75) is 54.0 Å². The molecule has 0 aromatic carbocycles. The van der Waals surface area contributed by atoms with Crippen molar-refractivity contribution in [1.82, 2.24) is 24.9 Å². The lowest BCUT2D eigenvalue weighted by molar-refractivity contribution is 0.653. The van der Waals surface area contributed by atoms with Gasteiger partial charge in [0.15, 0.2) is 5.82 Å². The molecule has 0 amide bonds. The first-order valence-electron chi connectivity index (χ1n) is 7.79. The molecule has 2 heterocycles. The summed E-state index contributed by atoms with van der Waals surface area (Å²) in [5.41, 5.74) is 5.97. The predicted octanol–water partition coefficient (Wildman–Crippen LogP) is 2.59. The van der Waals surface area contributed by atoms with Crippen LogP contribution in [0.5, 0.6) is 0 Å². The van der Waals surface area contributed by atoms with Gasteiger partial charge in [0.25, 0.3) is 0 Å². The third-order valence-electron chi connectivity index (χ3n) is 4.04. The summed E-state index contributed by atoms with van der Waals surface area (Å²) in [5.74, 6) is 1.08. The largest absolute Gasteiger partial charge is 0.312 e. The van der Waals surface area contributed by atoms with Gasteiger partial charge in [-0.1, -0.05) is 13.8 Å². The van der Waals surface area contributed by atoms with E-state index in [1.807, 2.05) is 11.7 Å². The second-order valence-corrected chi connectivity index (χ2v) is 5.60. The number of hydrogen-bond acceptors (Lipinski definition) is 3. The van der Waals surface area contributed by atoms with E-state index in [0.717, 1.165) is 43.1 Å². The normalized spacial score (nSPS) is 11.3. The van der Waals surface area contributed by atoms with Crippen LogP contribution in [0.25, 0.3) is 5.82 Å². The Kier molecular flexibility index (Phi) is 4.83. The van der Waals surface area contributed by atoms with Crippen LogP contribution in [0.15, 0.2) is 0 Å². The molecule has 0 aliphatic heterocycles. The molecule has 0 spiro atoms. The first-order valence-corrected chi connectivity index (χ1v) is 7.79. The molecule has 0 bridgehead atoms. The Morgan fingerprint density at radius 2 is 1.67 bits per heavy atom. The lowest BCUT2D eigenvalue weighted by atomic mass is 10.1. The highest BCUT2D eigenvalue weighted by atomic mass is 15.4. The zero-order valence-corrected chi connectivity index (χ0v) is 14.1. The maximum Gasteiger partial charge on any atom is 0.156 e. The number of rotatable bonds is 6. The standard InChI is InChI=1S/C16H27N5/c1-7-9-17-10-15-12(4)18-20(6)16(15)21-13(5)14(8-2)11(3)19-21/h17H,7-10H2,1-6H3. The van der Waals surface area contributed by atoms with Gasteiger partial charge in [0.05, 0.1) is 11.4 Å². The van der Waals surface area contributed by atoms with Gasteiger partial charge in [0, 0.05) is 24.8 Å². The Labute approximate surface area is 127 Å². The number of aromatic nitrogens is 4. The minimum Gasteiger partial charge on any atom is -0.312 e. The smallest absolute Gasteiger partial charge is 0.156 e. The van der Waals surface area contributed by atoms with E-state index in [1.54, 1.807) is 0 Å². The highest BCUT2D eigenvalue weighted by Gasteiger charge is 2.19. The van der Waals surface area contributed by atoms with Crippen molar-refractivity contribution in [3.8, 4) is 5.82 Å². The molecule has 5 nitrogen and oxygen atoms in total. The van der Waals surface area contributed by atoms with Crippen LogP contribution >= 0.6 is 0 Å². The summed E-state index contributed by atoms with van der Waals surface area (Å²) in [6, 6.07) is 0. The van der Waals surface area contributed by atoms with Gasteiger partial charge in [-0.2, -0.15) is 10.2 Å². The van der Waals surface area contributed by atoms with E-state index >= 15 is 0 Å². The third kappa shape index (κ3) is 2.88. The summed E-state index contributed by atoms with van der Waals surface area (Å²) in [6.45, 7) is 12.5. The fourth-order valence-corrected chi connectivity index (χ4v) is 2.94. The first kappa shape index (κ1) is 15.8. The van der Waals surface area contributed by atoms with Crippen molar-refractivity contribution in [3.05, 3.63) is 28.2 Å². The van der Waals surface area contributed by atoms with Crippen LogP contribution in [0, 0.1) is 20.8 Å². The Bertz CT molecular complexity index is 621. The minimum absolute atomic E-state index is 0.836. The molecule has 2 aromatic heterocycles. The van der Waals surface area contributed by atoms with Gasteiger partial charge in [-0.15, -0.1) is 0 Å². The second kappa shape index (κ2) is 6.43. The zero-order chi connectivity index (χ0) is 15.6. The van der Waals surface area contributed by atoms with Gasteiger partial charge in [-0.3, -0.25) is 4.68 Å². The number of aryl methyl sites for hydroxylation is 3. The molecule has 0 fully saturated rings. The lowest BCUT2D eigenvalue weighted by Crippen LogP contribution is -2.17. The van der Waals surface area contributed by atoms with E-state index in [1.165, 1.54) is 16.8 Å². The average molecular weight is 289 g/mol. The minimum atomic E-state index is 0.836. The molecule has 0 saturated carbocycles. The topological polar surface area (TPSA) is 47.7 Å². The fourth-order valence-electron chi connectivity index (χ4n) is 2.94. The molecule has 0 saturated heterocycles. The molecule has 2 rings (SSSR count). The second-order valence-electron chi connectivity index (χ2n) is 5.60. The van der Waals surface area contributed by atoms with Crippen molar-refractivity contribution in [2.24, 2.45) is 7.05 Å². The molecule has 0 radical (unpaired) electrons.